The van der Waals surface area contributed by atoms with Crippen LogP contribution in [0.2, 0.25) is 0 Å². The first-order valence-electron chi connectivity index (χ1n) is 8.08. The number of likely N-dealkylation sites (tertiary alicyclic amines) is 1. The van der Waals surface area contributed by atoms with Gasteiger partial charge in [0.05, 0.1) is 25.0 Å². The lowest BCUT2D eigenvalue weighted by atomic mass is 10.0. The van der Waals surface area contributed by atoms with Gasteiger partial charge in [-0.3, -0.25) is 0 Å². The Morgan fingerprint density at radius 1 is 1.50 bits per heavy atom. The number of anilines is 1. The molecule has 130 valence electrons. The Morgan fingerprint density at radius 3 is 2.92 bits per heavy atom. The lowest BCUT2D eigenvalue weighted by molar-refractivity contribution is 0.101. The van der Waals surface area contributed by atoms with Gasteiger partial charge >= 0.3 is 6.09 Å². The smallest absolute Gasteiger partial charge is 0.407 e. The van der Waals surface area contributed by atoms with Gasteiger partial charge in [-0.15, -0.1) is 5.10 Å². The van der Waals surface area contributed by atoms with Crippen LogP contribution in [-0.2, 0) is 0 Å². The summed E-state index contributed by atoms with van der Waals surface area (Å²) in [4.78, 5) is 20.6. The van der Waals surface area contributed by atoms with Gasteiger partial charge in [0.1, 0.15) is 17.5 Å². The third kappa shape index (κ3) is 3.10. The van der Waals surface area contributed by atoms with E-state index >= 15 is 0 Å². The van der Waals surface area contributed by atoms with Crippen molar-refractivity contribution in [3.05, 3.63) is 18.2 Å². The number of piperidine rings is 1. The number of aromatic nitrogens is 4. The molecule has 8 nitrogen and oxygen atoms in total. The number of alkyl halides is 1. The molecule has 3 rings (SSSR count). The van der Waals surface area contributed by atoms with Crippen molar-refractivity contribution >= 4 is 17.6 Å². The number of amides is 1. The van der Waals surface area contributed by atoms with E-state index in [0.29, 0.717) is 18.9 Å². The summed E-state index contributed by atoms with van der Waals surface area (Å²) in [6, 6.07) is -0.506. The fourth-order valence-electron chi connectivity index (χ4n) is 2.81. The minimum Gasteiger partial charge on any atom is -0.465 e. The Labute approximate surface area is 138 Å². The van der Waals surface area contributed by atoms with Gasteiger partial charge in [-0.25, -0.2) is 23.7 Å². The summed E-state index contributed by atoms with van der Waals surface area (Å²) in [5, 5.41) is 16.3. The summed E-state index contributed by atoms with van der Waals surface area (Å²) >= 11 is 0. The molecule has 9 heteroatoms. The maximum atomic E-state index is 14.2. The molecule has 1 unspecified atom stereocenters. The molecule has 0 bridgehead atoms. The molecule has 1 fully saturated rings. The van der Waals surface area contributed by atoms with Crippen molar-refractivity contribution in [3.8, 4) is 0 Å². The minimum atomic E-state index is -1.30. The van der Waals surface area contributed by atoms with Gasteiger partial charge in [0.15, 0.2) is 0 Å². The third-order valence-corrected chi connectivity index (χ3v) is 4.48. The van der Waals surface area contributed by atoms with Crippen LogP contribution in [0.25, 0.3) is 5.52 Å². The van der Waals surface area contributed by atoms with Crippen molar-refractivity contribution in [2.24, 2.45) is 0 Å². The second-order valence-corrected chi connectivity index (χ2v) is 6.13. The van der Waals surface area contributed by atoms with Gasteiger partial charge < -0.3 is 15.3 Å². The highest BCUT2D eigenvalue weighted by atomic mass is 19.1. The fourth-order valence-corrected chi connectivity index (χ4v) is 2.81. The molecule has 1 amide bonds. The molecule has 0 radical (unpaired) electrons. The summed E-state index contributed by atoms with van der Waals surface area (Å²) < 4.78 is 15.9. The van der Waals surface area contributed by atoms with Crippen LogP contribution in [0.1, 0.15) is 38.4 Å². The van der Waals surface area contributed by atoms with E-state index in [9.17, 15) is 9.18 Å². The van der Waals surface area contributed by atoms with Crippen molar-refractivity contribution < 1.29 is 14.3 Å². The van der Waals surface area contributed by atoms with Crippen molar-refractivity contribution in [2.45, 2.75) is 44.8 Å². The van der Waals surface area contributed by atoms with E-state index in [1.54, 1.807) is 16.9 Å². The highest BCUT2D eigenvalue weighted by molar-refractivity contribution is 5.65. The quantitative estimate of drug-likeness (QED) is 0.888. The predicted molar refractivity (Wildman–Crippen MR) is 86.0 cm³/mol. The lowest BCUT2D eigenvalue weighted by Gasteiger charge is -2.33. The van der Waals surface area contributed by atoms with E-state index in [4.69, 9.17) is 5.11 Å². The van der Waals surface area contributed by atoms with Crippen LogP contribution in [0.3, 0.4) is 0 Å². The number of halogens is 1. The Kier molecular flexibility index (Phi) is 4.50. The molecule has 0 aromatic carbocycles. The van der Waals surface area contributed by atoms with Gasteiger partial charge in [0.2, 0.25) is 5.95 Å². The number of hydrogen-bond donors (Lipinski definition) is 2. The Hall–Kier alpha value is -2.45. The first-order valence-corrected chi connectivity index (χ1v) is 8.08. The Balaban J connectivity index is 1.77. The molecule has 2 aromatic rings. The zero-order chi connectivity index (χ0) is 17.3. The minimum absolute atomic E-state index is 0.140. The molecule has 1 saturated heterocycles. The molecule has 24 heavy (non-hydrogen) atoms. The highest BCUT2D eigenvalue weighted by Gasteiger charge is 2.32. The van der Waals surface area contributed by atoms with E-state index in [1.165, 1.54) is 0 Å². The Morgan fingerprint density at radius 2 is 2.25 bits per heavy atom. The predicted octanol–water partition coefficient (Wildman–Crippen LogP) is 2.14. The molecule has 0 spiro atoms. The number of rotatable bonds is 4. The van der Waals surface area contributed by atoms with Crippen molar-refractivity contribution in [2.75, 3.05) is 18.4 Å². The van der Waals surface area contributed by atoms with Crippen LogP contribution in [0, 0.1) is 0 Å². The SMILES string of the molecule is CCC(C)c1ncc2cnc(N[C@@H]3CCN(C(=O)O)C[C@H]3F)nn12. The van der Waals surface area contributed by atoms with Crippen molar-refractivity contribution in [1.29, 1.82) is 0 Å². The van der Waals surface area contributed by atoms with Crippen LogP contribution in [0.15, 0.2) is 12.4 Å². The van der Waals surface area contributed by atoms with Gasteiger partial charge in [-0.05, 0) is 12.8 Å². The van der Waals surface area contributed by atoms with Gasteiger partial charge in [0.25, 0.3) is 0 Å². The topological polar surface area (TPSA) is 95.7 Å². The van der Waals surface area contributed by atoms with Crippen LogP contribution in [0.5, 0.6) is 0 Å². The molecular formula is C15H21FN6O2. The average molecular weight is 336 g/mol. The van der Waals surface area contributed by atoms with Crippen molar-refractivity contribution in [1.82, 2.24) is 24.5 Å². The number of fused-ring (bicyclic) bond motifs is 1. The molecule has 2 N–H and O–H groups in total. The zero-order valence-corrected chi connectivity index (χ0v) is 13.7. The molecule has 0 aliphatic carbocycles. The number of nitrogens with one attached hydrogen (secondary N) is 1. The fraction of sp³-hybridized carbons (Fsp3) is 0.600. The van der Waals surface area contributed by atoms with Gasteiger partial charge in [-0.1, -0.05) is 13.8 Å². The molecule has 0 saturated carbocycles. The first kappa shape index (κ1) is 16.4. The van der Waals surface area contributed by atoms with E-state index in [1.807, 2.05) is 0 Å². The van der Waals surface area contributed by atoms with E-state index < -0.39 is 18.3 Å². The number of nitrogens with zero attached hydrogens (tertiary/aromatic N) is 5. The van der Waals surface area contributed by atoms with Gasteiger partial charge in [0, 0.05) is 12.5 Å². The molecule has 3 heterocycles. The normalized spacial score (nSPS) is 22.5. The summed E-state index contributed by atoms with van der Waals surface area (Å²) in [7, 11) is 0. The maximum absolute atomic E-state index is 14.2. The Bertz CT molecular complexity index is 736. The van der Waals surface area contributed by atoms with Crippen LogP contribution in [-0.4, -0.2) is 61.0 Å². The van der Waals surface area contributed by atoms with Crippen molar-refractivity contribution in [3.63, 3.8) is 0 Å². The molecular weight excluding hydrogens is 315 g/mol. The largest absolute Gasteiger partial charge is 0.465 e. The second kappa shape index (κ2) is 6.58. The molecule has 1 aliphatic heterocycles. The van der Waals surface area contributed by atoms with Crippen LogP contribution >= 0.6 is 0 Å². The van der Waals surface area contributed by atoms with Gasteiger partial charge in [-0.2, -0.15) is 0 Å². The first-order chi connectivity index (χ1) is 11.5. The van der Waals surface area contributed by atoms with Crippen LogP contribution < -0.4 is 5.32 Å². The summed E-state index contributed by atoms with van der Waals surface area (Å²) in [5.74, 6) is 1.42. The van der Waals surface area contributed by atoms with E-state index in [2.05, 4.69) is 34.2 Å². The van der Waals surface area contributed by atoms with E-state index in [-0.39, 0.29) is 12.5 Å². The monoisotopic (exact) mass is 336 g/mol. The standard InChI is InChI=1S/C15H21FN6O2/c1-3-9(2)13-17-6-10-7-18-14(20-22(10)13)19-12-4-5-21(15(23)24)8-11(12)16/h6-7,9,11-12H,3-5,8H2,1-2H3,(H,19,20)(H,23,24)/t9?,11-,12-/m1/s1. The molecule has 2 aromatic heterocycles. The lowest BCUT2D eigenvalue weighted by Crippen LogP contribution is -2.49. The van der Waals surface area contributed by atoms with E-state index in [0.717, 1.165) is 22.7 Å². The maximum Gasteiger partial charge on any atom is 0.407 e. The third-order valence-electron chi connectivity index (χ3n) is 4.48. The highest BCUT2D eigenvalue weighted by Crippen LogP contribution is 2.20. The second-order valence-electron chi connectivity index (χ2n) is 6.13. The number of imidazole rings is 1. The summed E-state index contributed by atoms with van der Waals surface area (Å²) in [6.45, 7) is 4.30. The summed E-state index contributed by atoms with van der Waals surface area (Å²) in [6.07, 6.45) is 2.28. The molecule has 3 atom stereocenters. The average Bonchev–Trinajstić information content (AvgIpc) is 2.99. The number of hydrogen-bond acceptors (Lipinski definition) is 5. The zero-order valence-electron chi connectivity index (χ0n) is 13.7. The summed E-state index contributed by atoms with van der Waals surface area (Å²) in [5.41, 5.74) is 0.786. The van der Waals surface area contributed by atoms with Crippen LogP contribution in [0.4, 0.5) is 15.1 Å². The molecule has 1 aliphatic rings. The number of carboxylic acid groups (broad SMARTS) is 1. The number of carbonyl (C=O) groups is 1.